The van der Waals surface area contributed by atoms with E-state index in [1.54, 1.807) is 4.68 Å². The van der Waals surface area contributed by atoms with Crippen LogP contribution in [0.2, 0.25) is 0 Å². The third kappa shape index (κ3) is 4.62. The van der Waals surface area contributed by atoms with E-state index in [2.05, 4.69) is 63.8 Å². The Bertz CT molecular complexity index is 1440. The molecule has 194 valence electrons. The van der Waals surface area contributed by atoms with Crippen LogP contribution in [0.15, 0.2) is 24.4 Å². The smallest absolute Gasteiger partial charge is 0.240 e. The molecular formula is C27H34N8O2. The van der Waals surface area contributed by atoms with Gasteiger partial charge in [-0.15, -0.1) is 5.10 Å². The molecule has 37 heavy (non-hydrogen) atoms. The van der Waals surface area contributed by atoms with Crippen LogP contribution in [-0.2, 0) is 20.6 Å². The lowest BCUT2D eigenvalue weighted by Crippen LogP contribution is -2.34. The Morgan fingerprint density at radius 3 is 2.76 bits per heavy atom. The van der Waals surface area contributed by atoms with Gasteiger partial charge >= 0.3 is 0 Å². The van der Waals surface area contributed by atoms with Crippen molar-refractivity contribution >= 4 is 23.1 Å². The average Bonchev–Trinajstić information content (AvgIpc) is 3.53. The Hall–Kier alpha value is -3.63. The van der Waals surface area contributed by atoms with Crippen LogP contribution in [0.4, 0.5) is 0 Å². The van der Waals surface area contributed by atoms with Crippen molar-refractivity contribution in [3.63, 3.8) is 0 Å². The summed E-state index contributed by atoms with van der Waals surface area (Å²) in [7, 11) is 6.01. The van der Waals surface area contributed by atoms with E-state index in [1.165, 1.54) is 0 Å². The van der Waals surface area contributed by atoms with Crippen molar-refractivity contribution in [1.29, 1.82) is 0 Å². The highest BCUT2D eigenvalue weighted by Gasteiger charge is 2.23. The topological polar surface area (TPSA) is 98.0 Å². The number of hydrogen-bond donors (Lipinski definition) is 2. The van der Waals surface area contributed by atoms with Crippen LogP contribution >= 0.6 is 0 Å². The van der Waals surface area contributed by atoms with E-state index in [0.717, 1.165) is 77.3 Å². The molecule has 4 aromatic rings. The molecule has 1 saturated heterocycles. The third-order valence-electron chi connectivity index (χ3n) is 7.23. The normalized spacial score (nSPS) is 20.2. The first-order valence-corrected chi connectivity index (χ1v) is 12.9. The summed E-state index contributed by atoms with van der Waals surface area (Å²) in [6.07, 6.45) is 8.14. The van der Waals surface area contributed by atoms with Crippen LogP contribution in [0.1, 0.15) is 36.7 Å². The molecule has 5 heterocycles. The average molecular weight is 503 g/mol. The number of nitrogens with one attached hydrogen (secondary N) is 2. The molecule has 0 spiro atoms. The van der Waals surface area contributed by atoms with Gasteiger partial charge in [-0.1, -0.05) is 6.07 Å². The summed E-state index contributed by atoms with van der Waals surface area (Å²) in [4.78, 5) is 2.26. The number of nitrogens with zero attached hydrogens (tertiary/aromatic N) is 6. The number of aromatic nitrogens is 6. The van der Waals surface area contributed by atoms with E-state index in [1.807, 2.05) is 31.0 Å². The van der Waals surface area contributed by atoms with Crippen molar-refractivity contribution in [1.82, 2.24) is 40.0 Å². The van der Waals surface area contributed by atoms with Gasteiger partial charge in [0.25, 0.3) is 0 Å². The second kappa shape index (κ2) is 9.68. The highest BCUT2D eigenvalue weighted by atomic mass is 16.5. The summed E-state index contributed by atoms with van der Waals surface area (Å²) in [5.74, 6) is 1.44. The van der Waals surface area contributed by atoms with Crippen molar-refractivity contribution < 1.29 is 9.47 Å². The zero-order valence-electron chi connectivity index (χ0n) is 21.9. The number of aromatic amines is 1. The Morgan fingerprint density at radius 1 is 1.08 bits per heavy atom. The van der Waals surface area contributed by atoms with Crippen LogP contribution in [0.25, 0.3) is 34.2 Å². The Kier molecular flexibility index (Phi) is 6.21. The summed E-state index contributed by atoms with van der Waals surface area (Å²) < 4.78 is 16.7. The number of rotatable bonds is 2. The summed E-state index contributed by atoms with van der Waals surface area (Å²) in [5, 5.41) is 21.5. The molecule has 1 aromatic carbocycles. The third-order valence-corrected chi connectivity index (χ3v) is 7.23. The second-order valence-corrected chi connectivity index (χ2v) is 10.2. The molecule has 10 heteroatoms. The van der Waals surface area contributed by atoms with Gasteiger partial charge in [0.05, 0.1) is 34.2 Å². The zero-order valence-corrected chi connectivity index (χ0v) is 21.9. The largest absolute Gasteiger partial charge is 0.473 e. The zero-order chi connectivity index (χ0) is 25.5. The standard InChI is InChI=1S/C27H34N8O2/c1-17-15-33(2)16-25-20(26(32-34(25)3)37-19-9-11-28-12-10-19)6-8-24-21-13-18(5-7-23(21)30-31-24)22-14-29-35(4)27(22)36-17/h5-8,13-14,17,19,28H,9-12,15-16H2,1-4H3,(H,30,31)/b8-6+/t17-/m0/s1. The van der Waals surface area contributed by atoms with Gasteiger partial charge in [0, 0.05) is 32.6 Å². The highest BCUT2D eigenvalue weighted by molar-refractivity contribution is 5.93. The van der Waals surface area contributed by atoms with Gasteiger partial charge in [-0.2, -0.15) is 10.2 Å². The number of H-pyrrole nitrogens is 1. The SMILES string of the molecule is C[C@H]1CN(C)Cc2c(c(OC3CCNCC3)nn2C)/C=C/c2[nH]nc3ccc(cc23)-c2cnn(C)c2O1. The van der Waals surface area contributed by atoms with Gasteiger partial charge in [0.1, 0.15) is 12.2 Å². The fraction of sp³-hybridized carbons (Fsp3) is 0.444. The number of ether oxygens (including phenoxy) is 2. The van der Waals surface area contributed by atoms with Gasteiger partial charge in [-0.3, -0.25) is 14.7 Å². The van der Waals surface area contributed by atoms with Gasteiger partial charge in [-0.25, -0.2) is 4.68 Å². The highest BCUT2D eigenvalue weighted by Crippen LogP contribution is 2.34. The number of hydrogen-bond acceptors (Lipinski definition) is 7. The lowest BCUT2D eigenvalue weighted by atomic mass is 10.0. The number of aryl methyl sites for hydroxylation is 2. The lowest BCUT2D eigenvalue weighted by molar-refractivity contribution is 0.147. The number of likely N-dealkylation sites (N-methyl/N-ethyl adjacent to an activating group) is 1. The van der Waals surface area contributed by atoms with Crippen LogP contribution in [0.5, 0.6) is 11.8 Å². The molecule has 2 bridgehead atoms. The second-order valence-electron chi connectivity index (χ2n) is 10.2. The lowest BCUT2D eigenvalue weighted by Gasteiger charge is -2.23. The molecule has 3 aromatic heterocycles. The Balaban J connectivity index is 1.46. The monoisotopic (exact) mass is 502 g/mol. The first kappa shape index (κ1) is 23.7. The molecule has 2 aliphatic heterocycles. The molecule has 2 aliphatic rings. The molecule has 0 radical (unpaired) electrons. The van der Waals surface area contributed by atoms with Crippen LogP contribution < -0.4 is 14.8 Å². The summed E-state index contributed by atoms with van der Waals surface area (Å²) >= 11 is 0. The summed E-state index contributed by atoms with van der Waals surface area (Å²) in [5.41, 5.74) is 5.94. The minimum absolute atomic E-state index is 0.0461. The fourth-order valence-electron chi connectivity index (χ4n) is 5.30. The maximum atomic E-state index is 6.46. The van der Waals surface area contributed by atoms with Gasteiger partial charge in [0.15, 0.2) is 0 Å². The van der Waals surface area contributed by atoms with Crippen molar-refractivity contribution in [2.75, 3.05) is 26.7 Å². The summed E-state index contributed by atoms with van der Waals surface area (Å²) in [6.45, 7) is 5.48. The Labute approximate surface area is 216 Å². The number of benzene rings is 1. The molecule has 0 saturated carbocycles. The quantitative estimate of drug-likeness (QED) is 0.434. The molecular weight excluding hydrogens is 468 g/mol. The molecule has 0 amide bonds. The van der Waals surface area contributed by atoms with E-state index in [-0.39, 0.29) is 12.2 Å². The van der Waals surface area contributed by atoms with Crippen molar-refractivity contribution in [2.24, 2.45) is 14.1 Å². The van der Waals surface area contributed by atoms with Gasteiger partial charge in [-0.05, 0) is 69.8 Å². The Morgan fingerprint density at radius 2 is 1.92 bits per heavy atom. The van der Waals surface area contributed by atoms with Gasteiger partial charge in [0.2, 0.25) is 11.8 Å². The molecule has 1 atom stereocenters. The predicted octanol–water partition coefficient (Wildman–Crippen LogP) is 3.21. The van der Waals surface area contributed by atoms with E-state index >= 15 is 0 Å². The minimum atomic E-state index is -0.0461. The maximum Gasteiger partial charge on any atom is 0.240 e. The van der Waals surface area contributed by atoms with Crippen LogP contribution in [0, 0.1) is 0 Å². The molecule has 10 nitrogen and oxygen atoms in total. The number of fused-ring (bicyclic) bond motifs is 4. The van der Waals surface area contributed by atoms with Crippen molar-refractivity contribution in [3.05, 3.63) is 41.3 Å². The minimum Gasteiger partial charge on any atom is -0.473 e. The van der Waals surface area contributed by atoms with E-state index in [9.17, 15) is 0 Å². The van der Waals surface area contributed by atoms with E-state index < -0.39 is 0 Å². The van der Waals surface area contributed by atoms with Crippen molar-refractivity contribution in [3.8, 4) is 22.9 Å². The molecule has 2 N–H and O–H groups in total. The van der Waals surface area contributed by atoms with Gasteiger partial charge < -0.3 is 14.8 Å². The van der Waals surface area contributed by atoms with Crippen LogP contribution in [-0.4, -0.2) is 73.5 Å². The summed E-state index contributed by atoms with van der Waals surface area (Å²) in [6, 6.07) is 6.25. The molecule has 1 fully saturated rings. The first-order chi connectivity index (χ1) is 18.0. The first-order valence-electron chi connectivity index (χ1n) is 12.9. The maximum absolute atomic E-state index is 6.46. The molecule has 0 aliphatic carbocycles. The van der Waals surface area contributed by atoms with E-state index in [0.29, 0.717) is 12.4 Å². The molecule has 0 unspecified atom stereocenters. The predicted molar refractivity (Wildman–Crippen MR) is 143 cm³/mol. The fourth-order valence-corrected chi connectivity index (χ4v) is 5.30. The molecule has 6 rings (SSSR count). The van der Waals surface area contributed by atoms with Crippen LogP contribution in [0.3, 0.4) is 0 Å². The van der Waals surface area contributed by atoms with E-state index in [4.69, 9.17) is 14.6 Å². The van der Waals surface area contributed by atoms with Crippen molar-refractivity contribution in [2.45, 2.75) is 38.5 Å². The number of piperidine rings is 1.